The third-order valence-corrected chi connectivity index (χ3v) is 5.91. The van der Waals surface area contributed by atoms with Gasteiger partial charge in [0.05, 0.1) is 19.8 Å². The molecule has 8 nitrogen and oxygen atoms in total. The van der Waals surface area contributed by atoms with Crippen molar-refractivity contribution in [3.8, 4) is 11.1 Å². The number of aryl methyl sites for hydroxylation is 1. The molecule has 0 fully saturated rings. The van der Waals surface area contributed by atoms with E-state index in [1.807, 2.05) is 31.2 Å². The van der Waals surface area contributed by atoms with Crippen LogP contribution in [0.4, 0.5) is 9.18 Å². The summed E-state index contributed by atoms with van der Waals surface area (Å²) in [6.07, 6.45) is 8.90. The summed E-state index contributed by atoms with van der Waals surface area (Å²) in [7, 11) is 0. The van der Waals surface area contributed by atoms with E-state index in [2.05, 4.69) is 11.9 Å². The minimum Gasteiger partial charge on any atom is -0.432 e. The molecule has 0 aliphatic heterocycles. The van der Waals surface area contributed by atoms with Gasteiger partial charge in [-0.05, 0) is 30.9 Å². The lowest BCUT2D eigenvalue weighted by Gasteiger charge is -2.13. The highest BCUT2D eigenvalue weighted by atomic mass is 19.1. The number of aromatic amines is 1. The van der Waals surface area contributed by atoms with Crippen LogP contribution in [0.25, 0.3) is 11.1 Å². The number of unbranched alkanes of at least 4 members (excludes halogenated alkanes) is 6. The van der Waals surface area contributed by atoms with Crippen LogP contribution >= 0.6 is 0 Å². The van der Waals surface area contributed by atoms with Crippen molar-refractivity contribution in [2.45, 2.75) is 78.4 Å². The van der Waals surface area contributed by atoms with E-state index in [0.29, 0.717) is 25.4 Å². The second kappa shape index (κ2) is 18.4. The van der Waals surface area contributed by atoms with Crippen molar-refractivity contribution in [1.29, 1.82) is 0 Å². The van der Waals surface area contributed by atoms with Crippen molar-refractivity contribution in [2.24, 2.45) is 0 Å². The smallest absolute Gasteiger partial charge is 0.432 e. The first kappa shape index (κ1) is 31.3. The molecule has 1 atom stereocenters. The topological polar surface area (TPSA) is 96.1 Å². The van der Waals surface area contributed by atoms with E-state index in [1.54, 1.807) is 0 Å². The van der Waals surface area contributed by atoms with Crippen LogP contribution in [0.15, 0.2) is 30.5 Å². The molecule has 212 valence electrons. The van der Waals surface area contributed by atoms with E-state index >= 15 is 0 Å². The van der Waals surface area contributed by atoms with Crippen LogP contribution in [-0.4, -0.2) is 56.4 Å². The van der Waals surface area contributed by atoms with Gasteiger partial charge in [0.2, 0.25) is 6.29 Å². The molecule has 0 saturated heterocycles. The number of H-pyrrole nitrogens is 1. The van der Waals surface area contributed by atoms with Gasteiger partial charge < -0.3 is 28.7 Å². The van der Waals surface area contributed by atoms with E-state index in [1.165, 1.54) is 57.2 Å². The van der Waals surface area contributed by atoms with Gasteiger partial charge in [-0.2, -0.15) is 0 Å². The van der Waals surface area contributed by atoms with E-state index in [-0.39, 0.29) is 24.5 Å². The van der Waals surface area contributed by atoms with Crippen molar-refractivity contribution in [2.75, 3.05) is 33.0 Å². The zero-order chi connectivity index (χ0) is 27.6. The van der Waals surface area contributed by atoms with Gasteiger partial charge in [-0.3, -0.25) is 0 Å². The molecular formula is C29H42FNO7. The number of carbonyl (C=O) groups excluding carboxylic acids is 2. The van der Waals surface area contributed by atoms with Crippen LogP contribution in [0, 0.1) is 5.82 Å². The molecule has 0 aliphatic carbocycles. The first-order chi connectivity index (χ1) is 18.5. The quantitative estimate of drug-likeness (QED) is 0.120. The van der Waals surface area contributed by atoms with E-state index in [0.717, 1.165) is 12.8 Å². The van der Waals surface area contributed by atoms with Gasteiger partial charge in [0.25, 0.3) is 0 Å². The first-order valence-corrected chi connectivity index (χ1v) is 13.6. The molecule has 0 saturated carbocycles. The van der Waals surface area contributed by atoms with Gasteiger partial charge in [0.1, 0.15) is 6.61 Å². The summed E-state index contributed by atoms with van der Waals surface area (Å²) in [6, 6.07) is 7.67. The maximum absolute atomic E-state index is 15.0. The Bertz CT molecular complexity index is 945. The lowest BCUT2D eigenvalue weighted by molar-refractivity contribution is -0.0855. The summed E-state index contributed by atoms with van der Waals surface area (Å²) in [5.74, 6) is -1.71. The zero-order valence-electron chi connectivity index (χ0n) is 22.9. The maximum Gasteiger partial charge on any atom is 0.511 e. The van der Waals surface area contributed by atoms with Gasteiger partial charge in [-0.25, -0.2) is 14.0 Å². The van der Waals surface area contributed by atoms with Crippen LogP contribution in [0.1, 0.15) is 81.8 Å². The van der Waals surface area contributed by atoms with Crippen molar-refractivity contribution in [3.05, 3.63) is 47.5 Å². The molecule has 9 heteroatoms. The van der Waals surface area contributed by atoms with E-state index < -0.39 is 24.2 Å². The fraction of sp³-hybridized carbons (Fsp3) is 0.586. The van der Waals surface area contributed by atoms with Gasteiger partial charge >= 0.3 is 12.1 Å². The molecule has 2 rings (SSSR count). The fourth-order valence-electron chi connectivity index (χ4n) is 3.85. The van der Waals surface area contributed by atoms with Crippen molar-refractivity contribution in [3.63, 3.8) is 0 Å². The lowest BCUT2D eigenvalue weighted by Crippen LogP contribution is -2.24. The monoisotopic (exact) mass is 535 g/mol. The van der Waals surface area contributed by atoms with Crippen LogP contribution in [0.3, 0.4) is 0 Å². The Labute approximate surface area is 225 Å². The lowest BCUT2D eigenvalue weighted by atomic mass is 10.0. The number of nitrogens with one attached hydrogen (secondary N) is 1. The molecule has 0 bridgehead atoms. The number of aromatic nitrogens is 1. The van der Waals surface area contributed by atoms with Crippen LogP contribution in [0.2, 0.25) is 0 Å². The molecule has 0 radical (unpaired) electrons. The van der Waals surface area contributed by atoms with Crippen molar-refractivity contribution >= 4 is 12.1 Å². The van der Waals surface area contributed by atoms with Gasteiger partial charge in [0.15, 0.2) is 11.5 Å². The SMILES string of the molecule is CCCCCCCCCc1ccc(-c2c[nH]c(C(=O)OC(C)OC(=O)OCCOCCOCC)c2F)cc1. The van der Waals surface area contributed by atoms with Gasteiger partial charge in [-0.15, -0.1) is 0 Å². The number of hydrogen-bond acceptors (Lipinski definition) is 7. The average Bonchev–Trinajstić information content (AvgIpc) is 3.29. The number of rotatable bonds is 19. The normalized spacial score (nSPS) is 11.8. The number of hydrogen-bond donors (Lipinski definition) is 1. The standard InChI is InChI=1S/C29H42FNO7/c1-4-6-7-8-9-10-11-12-23-13-15-24(16-14-23)25-21-31-27(26(25)30)28(32)37-22(3)38-29(33)36-20-19-35-18-17-34-5-2/h13-16,21-22,31H,4-12,17-20H2,1-3H3. The summed E-state index contributed by atoms with van der Waals surface area (Å²) < 4.78 is 40.1. The molecule has 1 unspecified atom stereocenters. The molecule has 0 aliphatic rings. The number of esters is 1. The largest absolute Gasteiger partial charge is 0.511 e. The Hall–Kier alpha value is -2.91. The minimum absolute atomic E-state index is 0.0297. The van der Waals surface area contributed by atoms with Gasteiger partial charge in [-0.1, -0.05) is 69.7 Å². The summed E-state index contributed by atoms with van der Waals surface area (Å²) in [6.45, 7) is 7.02. The fourth-order valence-corrected chi connectivity index (χ4v) is 3.85. The molecule has 0 spiro atoms. The number of ether oxygens (including phenoxy) is 5. The van der Waals surface area contributed by atoms with Gasteiger partial charge in [0, 0.05) is 25.3 Å². The Morgan fingerprint density at radius 1 is 0.868 bits per heavy atom. The Morgan fingerprint density at radius 3 is 2.24 bits per heavy atom. The Morgan fingerprint density at radius 2 is 1.53 bits per heavy atom. The van der Waals surface area contributed by atoms with Crippen molar-refractivity contribution < 1.29 is 37.7 Å². The predicted molar refractivity (Wildman–Crippen MR) is 143 cm³/mol. The highest BCUT2D eigenvalue weighted by Gasteiger charge is 2.23. The molecule has 0 amide bonds. The summed E-state index contributed by atoms with van der Waals surface area (Å²) in [5.41, 5.74) is 1.76. The summed E-state index contributed by atoms with van der Waals surface area (Å²) >= 11 is 0. The highest BCUT2D eigenvalue weighted by Crippen LogP contribution is 2.26. The molecule has 1 aromatic carbocycles. The first-order valence-electron chi connectivity index (χ1n) is 13.6. The Balaban J connectivity index is 1.75. The molecule has 1 heterocycles. The predicted octanol–water partition coefficient (Wildman–Crippen LogP) is 6.82. The number of halogens is 1. The van der Waals surface area contributed by atoms with E-state index in [4.69, 9.17) is 23.7 Å². The second-order valence-electron chi connectivity index (χ2n) is 8.96. The number of carbonyl (C=O) groups is 2. The molecule has 38 heavy (non-hydrogen) atoms. The minimum atomic E-state index is -1.27. The van der Waals surface area contributed by atoms with Crippen LogP contribution in [0.5, 0.6) is 0 Å². The second-order valence-corrected chi connectivity index (χ2v) is 8.96. The third kappa shape index (κ3) is 11.6. The molecule has 1 N–H and O–H groups in total. The molecule has 2 aromatic rings. The summed E-state index contributed by atoms with van der Waals surface area (Å²) in [5, 5.41) is 0. The maximum atomic E-state index is 15.0. The average molecular weight is 536 g/mol. The zero-order valence-corrected chi connectivity index (χ0v) is 22.9. The third-order valence-electron chi connectivity index (χ3n) is 5.91. The number of benzene rings is 1. The van der Waals surface area contributed by atoms with Crippen molar-refractivity contribution in [1.82, 2.24) is 4.98 Å². The Kier molecular flexibility index (Phi) is 15.1. The van der Waals surface area contributed by atoms with Crippen LogP contribution in [-0.2, 0) is 30.1 Å². The molecular weight excluding hydrogens is 493 g/mol. The van der Waals surface area contributed by atoms with E-state index in [9.17, 15) is 14.0 Å². The molecule has 1 aromatic heterocycles. The highest BCUT2D eigenvalue weighted by molar-refractivity contribution is 5.90. The summed E-state index contributed by atoms with van der Waals surface area (Å²) in [4.78, 5) is 26.8. The van der Waals surface area contributed by atoms with Crippen LogP contribution < -0.4 is 0 Å².